The summed E-state index contributed by atoms with van der Waals surface area (Å²) in [5, 5.41) is 9.42. The van der Waals surface area contributed by atoms with E-state index in [9.17, 15) is 0 Å². The van der Waals surface area contributed by atoms with Gasteiger partial charge in [0.25, 0.3) is 0 Å². The summed E-state index contributed by atoms with van der Waals surface area (Å²) in [5.41, 5.74) is 9.22. The Morgan fingerprint density at radius 3 is 2.50 bits per heavy atom. The number of nitrogens with zero attached hydrogens (tertiary/aromatic N) is 4. The third-order valence-electron chi connectivity index (χ3n) is 8.43. The highest BCUT2D eigenvalue weighted by Crippen LogP contribution is 2.55. The SMILES string of the molecule is C[C@H]1c2oncc2C[C@@]2(C)c3c(c(-c4ccccn4)nn3-c3ccc(-c4ccccc4)cc3)CC[C@H]12. The van der Waals surface area contributed by atoms with Crippen molar-refractivity contribution in [1.29, 1.82) is 0 Å². The van der Waals surface area contributed by atoms with Crippen molar-refractivity contribution in [1.82, 2.24) is 19.9 Å². The van der Waals surface area contributed by atoms with Crippen LogP contribution in [0.3, 0.4) is 0 Å². The van der Waals surface area contributed by atoms with Gasteiger partial charge in [-0.25, -0.2) is 4.68 Å². The highest BCUT2D eigenvalue weighted by molar-refractivity contribution is 5.66. The number of fused-ring (bicyclic) bond motifs is 4. The molecule has 5 heteroatoms. The van der Waals surface area contributed by atoms with E-state index in [0.717, 1.165) is 42.1 Å². The average Bonchev–Trinajstić information content (AvgIpc) is 3.55. The second kappa shape index (κ2) is 8.02. The molecule has 0 unspecified atom stereocenters. The summed E-state index contributed by atoms with van der Waals surface area (Å²) in [5.74, 6) is 1.83. The number of hydrogen-bond donors (Lipinski definition) is 0. The lowest BCUT2D eigenvalue weighted by molar-refractivity contribution is 0.170. The molecule has 36 heavy (non-hydrogen) atoms. The van der Waals surface area contributed by atoms with Gasteiger partial charge >= 0.3 is 0 Å². The van der Waals surface area contributed by atoms with Crippen molar-refractivity contribution in [2.24, 2.45) is 5.92 Å². The van der Waals surface area contributed by atoms with E-state index in [1.165, 1.54) is 27.9 Å². The Labute approximate surface area is 210 Å². The molecule has 5 aromatic rings. The van der Waals surface area contributed by atoms with Crippen molar-refractivity contribution in [3.63, 3.8) is 0 Å². The first-order valence-corrected chi connectivity index (χ1v) is 12.8. The van der Waals surface area contributed by atoms with E-state index >= 15 is 0 Å². The second-order valence-corrected chi connectivity index (χ2v) is 10.5. The van der Waals surface area contributed by atoms with Crippen LogP contribution in [-0.4, -0.2) is 19.9 Å². The molecule has 3 atom stereocenters. The third kappa shape index (κ3) is 3.12. The van der Waals surface area contributed by atoms with Crippen LogP contribution < -0.4 is 0 Å². The minimum atomic E-state index is -0.0797. The van der Waals surface area contributed by atoms with Gasteiger partial charge in [0.15, 0.2) is 0 Å². The standard InChI is InChI=1S/C31H28N4O/c1-20-26-16-15-25-28(27-10-6-7-17-32-27)34-35(30(25)31(26,2)18-23-19-33-36-29(20)23)24-13-11-22(12-14-24)21-8-4-3-5-9-21/h3-14,17,19-20,26H,15-16,18H2,1-2H3/t20-,26-,31-/m1/s1. The van der Waals surface area contributed by atoms with E-state index in [4.69, 9.17) is 9.62 Å². The zero-order valence-electron chi connectivity index (χ0n) is 20.6. The zero-order chi connectivity index (χ0) is 24.3. The molecular weight excluding hydrogens is 444 g/mol. The van der Waals surface area contributed by atoms with Gasteiger partial charge < -0.3 is 4.52 Å². The van der Waals surface area contributed by atoms with Gasteiger partial charge in [-0.1, -0.05) is 67.5 Å². The second-order valence-electron chi connectivity index (χ2n) is 10.5. The topological polar surface area (TPSA) is 56.7 Å². The minimum Gasteiger partial charge on any atom is -0.361 e. The van der Waals surface area contributed by atoms with Gasteiger partial charge in [-0.15, -0.1) is 0 Å². The van der Waals surface area contributed by atoms with Crippen LogP contribution >= 0.6 is 0 Å². The van der Waals surface area contributed by atoms with Crippen molar-refractivity contribution in [2.75, 3.05) is 0 Å². The predicted octanol–water partition coefficient (Wildman–Crippen LogP) is 6.77. The Balaban J connectivity index is 1.42. The monoisotopic (exact) mass is 472 g/mol. The minimum absolute atomic E-state index is 0.0797. The molecule has 3 aromatic heterocycles. The van der Waals surface area contributed by atoms with E-state index in [1.54, 1.807) is 0 Å². The van der Waals surface area contributed by atoms with Crippen molar-refractivity contribution in [3.05, 3.63) is 108 Å². The maximum atomic E-state index is 5.71. The largest absolute Gasteiger partial charge is 0.361 e. The molecule has 0 amide bonds. The molecule has 0 fully saturated rings. The molecule has 7 rings (SSSR count). The fraction of sp³-hybridized carbons (Fsp3) is 0.258. The lowest BCUT2D eigenvalue weighted by atomic mass is 9.56. The lowest BCUT2D eigenvalue weighted by Crippen LogP contribution is -2.45. The van der Waals surface area contributed by atoms with Crippen molar-refractivity contribution in [3.8, 4) is 28.2 Å². The van der Waals surface area contributed by atoms with Crippen molar-refractivity contribution >= 4 is 0 Å². The van der Waals surface area contributed by atoms with Gasteiger partial charge in [0, 0.05) is 28.7 Å². The summed E-state index contributed by atoms with van der Waals surface area (Å²) in [6, 6.07) is 25.4. The van der Waals surface area contributed by atoms with Crippen molar-refractivity contribution in [2.45, 2.75) is 44.4 Å². The van der Waals surface area contributed by atoms with Gasteiger partial charge in [0.05, 0.1) is 23.3 Å². The predicted molar refractivity (Wildman–Crippen MR) is 140 cm³/mol. The molecule has 178 valence electrons. The van der Waals surface area contributed by atoms with Crippen LogP contribution in [0.2, 0.25) is 0 Å². The summed E-state index contributed by atoms with van der Waals surface area (Å²) in [7, 11) is 0. The summed E-state index contributed by atoms with van der Waals surface area (Å²) >= 11 is 0. The Bertz CT molecular complexity index is 1540. The van der Waals surface area contributed by atoms with Crippen molar-refractivity contribution < 1.29 is 4.52 Å². The molecule has 2 aromatic carbocycles. The number of pyridine rings is 1. The van der Waals surface area contributed by atoms with E-state index in [1.807, 2.05) is 24.5 Å². The van der Waals surface area contributed by atoms with Gasteiger partial charge in [-0.2, -0.15) is 5.10 Å². The molecule has 2 aliphatic carbocycles. The maximum absolute atomic E-state index is 5.71. The molecule has 0 radical (unpaired) electrons. The molecule has 0 aliphatic heterocycles. The number of aromatic nitrogens is 4. The molecule has 0 N–H and O–H groups in total. The van der Waals surface area contributed by atoms with Crippen LogP contribution in [0.4, 0.5) is 0 Å². The first-order chi connectivity index (χ1) is 17.6. The van der Waals surface area contributed by atoms with E-state index < -0.39 is 0 Å². The smallest absolute Gasteiger partial charge is 0.143 e. The number of rotatable bonds is 3. The molecule has 3 heterocycles. The Hall–Kier alpha value is -3.99. The summed E-state index contributed by atoms with van der Waals surface area (Å²) in [4.78, 5) is 4.69. The summed E-state index contributed by atoms with van der Waals surface area (Å²) < 4.78 is 7.91. The van der Waals surface area contributed by atoms with Crippen LogP contribution in [0.25, 0.3) is 28.2 Å². The fourth-order valence-electron chi connectivity index (χ4n) is 6.76. The van der Waals surface area contributed by atoms with Crippen LogP contribution in [0, 0.1) is 5.92 Å². The fourth-order valence-corrected chi connectivity index (χ4v) is 6.76. The average molecular weight is 473 g/mol. The number of hydrogen-bond acceptors (Lipinski definition) is 4. The number of benzene rings is 2. The quantitative estimate of drug-likeness (QED) is 0.291. The molecule has 0 saturated heterocycles. The Morgan fingerprint density at radius 2 is 1.72 bits per heavy atom. The zero-order valence-corrected chi connectivity index (χ0v) is 20.6. The lowest BCUT2D eigenvalue weighted by Gasteiger charge is -2.47. The molecule has 0 saturated carbocycles. The normalized spacial score (nSPS) is 22.5. The Morgan fingerprint density at radius 1 is 0.944 bits per heavy atom. The molecule has 0 spiro atoms. The maximum Gasteiger partial charge on any atom is 0.143 e. The summed E-state index contributed by atoms with van der Waals surface area (Å²) in [6.45, 7) is 4.72. The molecule has 2 aliphatic rings. The first-order valence-electron chi connectivity index (χ1n) is 12.8. The van der Waals surface area contributed by atoms with Gasteiger partial charge in [0.1, 0.15) is 11.5 Å². The van der Waals surface area contributed by atoms with E-state index in [-0.39, 0.29) is 5.41 Å². The summed E-state index contributed by atoms with van der Waals surface area (Å²) in [6.07, 6.45) is 6.76. The van der Waals surface area contributed by atoms with Crippen LogP contribution in [-0.2, 0) is 18.3 Å². The highest BCUT2D eigenvalue weighted by atomic mass is 16.5. The third-order valence-corrected chi connectivity index (χ3v) is 8.43. The van der Waals surface area contributed by atoms with E-state index in [0.29, 0.717) is 11.8 Å². The molecule has 0 bridgehead atoms. The molecule has 5 nitrogen and oxygen atoms in total. The van der Waals surface area contributed by atoms with E-state index in [2.05, 4.69) is 89.3 Å². The van der Waals surface area contributed by atoms with Gasteiger partial charge in [-0.3, -0.25) is 4.98 Å². The van der Waals surface area contributed by atoms with Crippen LogP contribution in [0.5, 0.6) is 0 Å². The highest BCUT2D eigenvalue weighted by Gasteiger charge is 2.51. The first kappa shape index (κ1) is 21.3. The van der Waals surface area contributed by atoms with Crippen LogP contribution in [0.15, 0.2) is 89.7 Å². The van der Waals surface area contributed by atoms with Gasteiger partial charge in [-0.05, 0) is 60.6 Å². The van der Waals surface area contributed by atoms with Gasteiger partial charge in [0.2, 0.25) is 0 Å². The Kier molecular flexibility index (Phi) is 4.75. The molecular formula is C31H28N4O. The van der Waals surface area contributed by atoms with Crippen LogP contribution in [0.1, 0.15) is 48.8 Å².